The number of amides is 2. The molecule has 0 aliphatic heterocycles. The molecule has 0 spiro atoms. The van der Waals surface area contributed by atoms with Crippen molar-refractivity contribution in [1.29, 1.82) is 0 Å². The SMILES string of the molecule is O=C(NCc1ccc(Cl)cc1)C(=O)NCC1(c2cccs2)CCCC1. The highest BCUT2D eigenvalue weighted by Crippen LogP contribution is 2.42. The summed E-state index contributed by atoms with van der Waals surface area (Å²) in [6, 6.07) is 11.3. The first-order chi connectivity index (χ1) is 12.1. The van der Waals surface area contributed by atoms with Gasteiger partial charge in [0.1, 0.15) is 0 Å². The monoisotopic (exact) mass is 376 g/mol. The summed E-state index contributed by atoms with van der Waals surface area (Å²) in [5, 5.41) is 8.19. The summed E-state index contributed by atoms with van der Waals surface area (Å²) >= 11 is 7.56. The van der Waals surface area contributed by atoms with E-state index >= 15 is 0 Å². The lowest BCUT2D eigenvalue weighted by molar-refractivity contribution is -0.139. The average molecular weight is 377 g/mol. The molecule has 3 rings (SSSR count). The van der Waals surface area contributed by atoms with E-state index < -0.39 is 11.8 Å². The quantitative estimate of drug-likeness (QED) is 0.782. The fraction of sp³-hybridized carbons (Fsp3) is 0.368. The fourth-order valence-electron chi connectivity index (χ4n) is 3.34. The molecule has 132 valence electrons. The molecule has 2 N–H and O–H groups in total. The molecule has 0 saturated heterocycles. The van der Waals surface area contributed by atoms with Crippen LogP contribution in [0.1, 0.15) is 36.1 Å². The predicted molar refractivity (Wildman–Crippen MR) is 101 cm³/mol. The molecular formula is C19H21ClN2O2S. The standard InChI is InChI=1S/C19H21ClN2O2S/c20-15-7-5-14(6-8-15)12-21-17(23)18(24)22-13-19(9-1-2-10-19)16-4-3-11-25-16/h3-8,11H,1-2,9-10,12-13H2,(H,21,23)(H,22,24). The third-order valence-electron chi connectivity index (χ3n) is 4.76. The van der Waals surface area contributed by atoms with Crippen LogP contribution in [0.4, 0.5) is 0 Å². The summed E-state index contributed by atoms with van der Waals surface area (Å²) in [5.41, 5.74) is 0.886. The van der Waals surface area contributed by atoms with Crippen LogP contribution in [-0.2, 0) is 21.5 Å². The molecule has 2 amide bonds. The van der Waals surface area contributed by atoms with E-state index in [1.165, 1.54) is 4.88 Å². The Morgan fingerprint density at radius 1 is 1.04 bits per heavy atom. The number of carbonyl (C=O) groups is 2. The summed E-state index contributed by atoms with van der Waals surface area (Å²) in [6.45, 7) is 0.820. The topological polar surface area (TPSA) is 58.2 Å². The van der Waals surface area contributed by atoms with Crippen LogP contribution >= 0.6 is 22.9 Å². The number of benzene rings is 1. The van der Waals surface area contributed by atoms with Crippen molar-refractivity contribution < 1.29 is 9.59 Å². The van der Waals surface area contributed by atoms with Gasteiger partial charge in [-0.15, -0.1) is 11.3 Å². The zero-order valence-corrected chi connectivity index (χ0v) is 15.5. The Morgan fingerprint density at radius 3 is 2.36 bits per heavy atom. The van der Waals surface area contributed by atoms with Crippen LogP contribution in [0.2, 0.25) is 5.02 Å². The van der Waals surface area contributed by atoms with Gasteiger partial charge >= 0.3 is 11.8 Å². The van der Waals surface area contributed by atoms with Gasteiger partial charge in [-0.3, -0.25) is 9.59 Å². The van der Waals surface area contributed by atoms with Gasteiger partial charge in [-0.2, -0.15) is 0 Å². The average Bonchev–Trinajstić information content (AvgIpc) is 3.31. The third kappa shape index (κ3) is 4.41. The highest BCUT2D eigenvalue weighted by molar-refractivity contribution is 7.10. The van der Waals surface area contributed by atoms with Gasteiger partial charge in [0.15, 0.2) is 0 Å². The summed E-state index contributed by atoms with van der Waals surface area (Å²) in [4.78, 5) is 25.5. The maximum absolute atomic E-state index is 12.1. The van der Waals surface area contributed by atoms with Crippen LogP contribution in [-0.4, -0.2) is 18.4 Å². The molecule has 1 fully saturated rings. The van der Waals surface area contributed by atoms with Crippen LogP contribution in [0.15, 0.2) is 41.8 Å². The molecule has 1 aromatic carbocycles. The summed E-state index contributed by atoms with van der Waals surface area (Å²) in [7, 11) is 0. The van der Waals surface area contributed by atoms with Gasteiger partial charge in [-0.05, 0) is 42.0 Å². The van der Waals surface area contributed by atoms with Crippen molar-refractivity contribution in [3.05, 3.63) is 57.2 Å². The minimum Gasteiger partial charge on any atom is -0.347 e. The van der Waals surface area contributed by atoms with Crippen LogP contribution in [0, 0.1) is 0 Å². The number of halogens is 1. The zero-order valence-electron chi connectivity index (χ0n) is 13.9. The van der Waals surface area contributed by atoms with E-state index in [0.29, 0.717) is 18.1 Å². The minimum atomic E-state index is -0.603. The van der Waals surface area contributed by atoms with Gasteiger partial charge in [-0.1, -0.05) is 42.6 Å². The van der Waals surface area contributed by atoms with Crippen LogP contribution in [0.5, 0.6) is 0 Å². The molecule has 1 aliphatic carbocycles. The number of hydrogen-bond donors (Lipinski definition) is 2. The number of rotatable bonds is 5. The highest BCUT2D eigenvalue weighted by Gasteiger charge is 2.37. The number of nitrogens with one attached hydrogen (secondary N) is 2. The van der Waals surface area contributed by atoms with Crippen molar-refractivity contribution in [1.82, 2.24) is 10.6 Å². The maximum atomic E-state index is 12.1. The molecule has 25 heavy (non-hydrogen) atoms. The first-order valence-electron chi connectivity index (χ1n) is 8.44. The summed E-state index contributed by atoms with van der Waals surface area (Å²) in [5.74, 6) is -1.17. The van der Waals surface area contributed by atoms with Gasteiger partial charge in [0.2, 0.25) is 0 Å². The van der Waals surface area contributed by atoms with Crippen molar-refractivity contribution in [2.45, 2.75) is 37.6 Å². The van der Waals surface area contributed by atoms with Gasteiger partial charge in [0.25, 0.3) is 0 Å². The molecule has 4 nitrogen and oxygen atoms in total. The van der Waals surface area contributed by atoms with Gasteiger partial charge in [-0.25, -0.2) is 0 Å². The second kappa shape index (κ2) is 8.02. The van der Waals surface area contributed by atoms with Crippen LogP contribution < -0.4 is 10.6 Å². The van der Waals surface area contributed by atoms with E-state index in [0.717, 1.165) is 31.2 Å². The smallest absolute Gasteiger partial charge is 0.309 e. The lowest BCUT2D eigenvalue weighted by Crippen LogP contribution is -2.45. The number of carbonyl (C=O) groups excluding carboxylic acids is 2. The molecule has 6 heteroatoms. The molecule has 1 heterocycles. The van der Waals surface area contributed by atoms with E-state index in [4.69, 9.17) is 11.6 Å². The Kier molecular flexibility index (Phi) is 5.76. The summed E-state index contributed by atoms with van der Waals surface area (Å²) in [6.07, 6.45) is 4.44. The lowest BCUT2D eigenvalue weighted by atomic mass is 9.84. The van der Waals surface area contributed by atoms with E-state index in [-0.39, 0.29) is 5.41 Å². The van der Waals surface area contributed by atoms with Crippen molar-refractivity contribution in [2.75, 3.05) is 6.54 Å². The van der Waals surface area contributed by atoms with Crippen molar-refractivity contribution >= 4 is 34.8 Å². The second-order valence-corrected chi connectivity index (χ2v) is 7.84. The Balaban J connectivity index is 1.52. The number of thiophene rings is 1. The van der Waals surface area contributed by atoms with E-state index in [1.54, 1.807) is 23.5 Å². The van der Waals surface area contributed by atoms with Crippen molar-refractivity contribution in [3.8, 4) is 0 Å². The molecule has 0 atom stereocenters. The van der Waals surface area contributed by atoms with E-state index in [2.05, 4.69) is 22.1 Å². The first-order valence-corrected chi connectivity index (χ1v) is 9.69. The van der Waals surface area contributed by atoms with E-state index in [9.17, 15) is 9.59 Å². The van der Waals surface area contributed by atoms with Crippen LogP contribution in [0.25, 0.3) is 0 Å². The predicted octanol–water partition coefficient (Wildman–Crippen LogP) is 3.65. The van der Waals surface area contributed by atoms with Crippen molar-refractivity contribution in [2.24, 2.45) is 0 Å². The largest absolute Gasteiger partial charge is 0.347 e. The normalized spacial score (nSPS) is 15.7. The van der Waals surface area contributed by atoms with Gasteiger partial charge in [0, 0.05) is 28.4 Å². The Labute approximate surface area is 156 Å². The van der Waals surface area contributed by atoms with E-state index in [1.807, 2.05) is 18.2 Å². The second-order valence-electron chi connectivity index (χ2n) is 6.46. The Hall–Kier alpha value is -1.85. The zero-order chi connectivity index (χ0) is 17.7. The maximum Gasteiger partial charge on any atom is 0.309 e. The summed E-state index contributed by atoms with van der Waals surface area (Å²) < 4.78 is 0. The molecule has 0 bridgehead atoms. The number of hydrogen-bond acceptors (Lipinski definition) is 3. The molecule has 1 aliphatic rings. The first kappa shape index (κ1) is 18.0. The minimum absolute atomic E-state index is 0.0136. The Morgan fingerprint density at radius 2 is 1.72 bits per heavy atom. The molecule has 0 radical (unpaired) electrons. The highest BCUT2D eigenvalue weighted by atomic mass is 35.5. The van der Waals surface area contributed by atoms with Gasteiger partial charge in [0.05, 0.1) is 0 Å². The molecule has 1 saturated carbocycles. The van der Waals surface area contributed by atoms with Gasteiger partial charge < -0.3 is 10.6 Å². The van der Waals surface area contributed by atoms with Crippen LogP contribution in [0.3, 0.4) is 0 Å². The Bertz CT molecular complexity index is 722. The molecular weight excluding hydrogens is 356 g/mol. The van der Waals surface area contributed by atoms with Crippen molar-refractivity contribution in [3.63, 3.8) is 0 Å². The molecule has 0 unspecified atom stereocenters. The molecule has 2 aromatic rings. The third-order valence-corrected chi connectivity index (χ3v) is 6.13. The fourth-order valence-corrected chi connectivity index (χ4v) is 4.45. The molecule has 1 aromatic heterocycles. The lowest BCUT2D eigenvalue weighted by Gasteiger charge is -2.28.